The highest BCUT2D eigenvalue weighted by Gasteiger charge is 2.53. The van der Waals surface area contributed by atoms with Gasteiger partial charge in [0.25, 0.3) is 0 Å². The van der Waals surface area contributed by atoms with Gasteiger partial charge < -0.3 is 10.6 Å². The van der Waals surface area contributed by atoms with Crippen molar-refractivity contribution in [2.45, 2.75) is 44.4 Å². The molecule has 1 aromatic rings. The molecule has 1 spiro atoms. The van der Waals surface area contributed by atoms with Crippen molar-refractivity contribution in [2.75, 3.05) is 0 Å². The van der Waals surface area contributed by atoms with Crippen LogP contribution in [0.1, 0.15) is 36.8 Å². The van der Waals surface area contributed by atoms with Crippen LogP contribution >= 0.6 is 0 Å². The molecule has 3 rings (SSSR count). The molecule has 0 aromatic heterocycles. The molecule has 2 saturated carbocycles. The minimum atomic E-state index is -4.74. The third-order valence-corrected chi connectivity index (χ3v) is 4.47. The largest absolute Gasteiger partial charge is 0.419 e. The Morgan fingerprint density at radius 2 is 1.95 bits per heavy atom. The summed E-state index contributed by atoms with van der Waals surface area (Å²) in [6.45, 7) is -0.278. The van der Waals surface area contributed by atoms with E-state index in [4.69, 9.17) is 0 Å². The van der Waals surface area contributed by atoms with E-state index in [0.717, 1.165) is 18.9 Å². The van der Waals surface area contributed by atoms with Gasteiger partial charge in [0, 0.05) is 18.2 Å². The van der Waals surface area contributed by atoms with E-state index in [1.54, 1.807) is 0 Å². The Morgan fingerprint density at radius 1 is 1.27 bits per heavy atom. The lowest BCUT2D eigenvalue weighted by Gasteiger charge is -2.36. The van der Waals surface area contributed by atoms with Crippen molar-refractivity contribution in [3.63, 3.8) is 0 Å². The van der Waals surface area contributed by atoms with Crippen molar-refractivity contribution >= 4 is 6.03 Å². The fraction of sp³-hybridized carbons (Fsp3) is 0.533. The molecule has 2 amide bonds. The van der Waals surface area contributed by atoms with E-state index in [9.17, 15) is 22.4 Å². The highest BCUT2D eigenvalue weighted by molar-refractivity contribution is 5.74. The van der Waals surface area contributed by atoms with Gasteiger partial charge in [0.15, 0.2) is 0 Å². The maximum atomic E-state index is 13.8. The number of carbonyl (C=O) groups excluding carboxylic acids is 1. The molecule has 2 N–H and O–H groups in total. The number of alkyl halides is 3. The molecule has 2 aliphatic rings. The van der Waals surface area contributed by atoms with Crippen LogP contribution < -0.4 is 10.6 Å². The van der Waals surface area contributed by atoms with Crippen LogP contribution in [0.2, 0.25) is 0 Å². The third-order valence-electron chi connectivity index (χ3n) is 4.47. The standard InChI is InChI=1S/C15H16F4N2O/c16-12-9(2-1-3-11(12)15(17,18)19)8-20-13(22)21-10-6-14(7-10)4-5-14/h1-3,10H,4-8H2,(H2,20,21,22). The Bertz CT molecular complexity index is 588. The van der Waals surface area contributed by atoms with Gasteiger partial charge in [-0.1, -0.05) is 12.1 Å². The highest BCUT2D eigenvalue weighted by atomic mass is 19.4. The van der Waals surface area contributed by atoms with Crippen LogP contribution in [0, 0.1) is 11.2 Å². The minimum absolute atomic E-state index is 0.119. The van der Waals surface area contributed by atoms with Crippen LogP contribution in [0.4, 0.5) is 22.4 Å². The molecule has 2 aliphatic carbocycles. The molecule has 0 unspecified atom stereocenters. The summed E-state index contributed by atoms with van der Waals surface area (Å²) in [4.78, 5) is 11.7. The summed E-state index contributed by atoms with van der Waals surface area (Å²) in [6, 6.07) is 2.69. The van der Waals surface area contributed by atoms with Gasteiger partial charge in [0.2, 0.25) is 0 Å². The van der Waals surface area contributed by atoms with Gasteiger partial charge in [-0.25, -0.2) is 9.18 Å². The van der Waals surface area contributed by atoms with E-state index in [-0.39, 0.29) is 18.2 Å². The first kappa shape index (κ1) is 15.1. The van der Waals surface area contributed by atoms with E-state index < -0.39 is 23.6 Å². The van der Waals surface area contributed by atoms with Crippen LogP contribution in [-0.4, -0.2) is 12.1 Å². The predicted octanol–water partition coefficient (Wildman–Crippen LogP) is 3.59. The second-order valence-electron chi connectivity index (χ2n) is 6.21. The van der Waals surface area contributed by atoms with Crippen molar-refractivity contribution in [3.8, 4) is 0 Å². The predicted molar refractivity (Wildman–Crippen MR) is 71.5 cm³/mol. The second-order valence-corrected chi connectivity index (χ2v) is 6.21. The Hall–Kier alpha value is -1.79. The first-order valence-corrected chi connectivity index (χ1v) is 7.18. The van der Waals surface area contributed by atoms with Crippen LogP contribution in [0.15, 0.2) is 18.2 Å². The zero-order valence-electron chi connectivity index (χ0n) is 11.8. The summed E-state index contributed by atoms with van der Waals surface area (Å²) in [5.74, 6) is -1.34. The molecular weight excluding hydrogens is 300 g/mol. The molecule has 0 bridgehead atoms. The SMILES string of the molecule is O=C(NCc1cccc(C(F)(F)F)c1F)NC1CC2(CC2)C1. The molecule has 1 aromatic carbocycles. The number of benzene rings is 1. The van der Waals surface area contributed by atoms with E-state index in [2.05, 4.69) is 10.6 Å². The summed E-state index contributed by atoms with van der Waals surface area (Å²) < 4.78 is 51.6. The number of nitrogens with one attached hydrogen (secondary N) is 2. The van der Waals surface area contributed by atoms with Crippen molar-refractivity contribution in [1.29, 1.82) is 0 Å². The average Bonchev–Trinajstić information content (AvgIpc) is 3.16. The highest BCUT2D eigenvalue weighted by Crippen LogP contribution is 2.60. The van der Waals surface area contributed by atoms with Gasteiger partial charge in [0.1, 0.15) is 5.82 Å². The average molecular weight is 316 g/mol. The van der Waals surface area contributed by atoms with Crippen LogP contribution in [0.3, 0.4) is 0 Å². The molecule has 2 fully saturated rings. The third kappa shape index (κ3) is 3.03. The number of carbonyl (C=O) groups is 1. The number of halogens is 4. The Balaban J connectivity index is 1.53. The summed E-state index contributed by atoms with van der Waals surface area (Å²) >= 11 is 0. The number of urea groups is 1. The van der Waals surface area contributed by atoms with E-state index in [0.29, 0.717) is 11.5 Å². The normalized spacial score (nSPS) is 19.6. The van der Waals surface area contributed by atoms with Gasteiger partial charge in [0.05, 0.1) is 5.56 Å². The molecule has 0 radical (unpaired) electrons. The molecule has 7 heteroatoms. The van der Waals surface area contributed by atoms with Crippen LogP contribution in [-0.2, 0) is 12.7 Å². The second kappa shape index (κ2) is 5.14. The number of hydrogen-bond donors (Lipinski definition) is 2. The number of rotatable bonds is 3. The van der Waals surface area contributed by atoms with Crippen LogP contribution in [0.25, 0.3) is 0 Å². The maximum absolute atomic E-state index is 13.8. The zero-order chi connectivity index (χ0) is 16.0. The first-order valence-electron chi connectivity index (χ1n) is 7.18. The molecule has 0 aliphatic heterocycles. The smallest absolute Gasteiger partial charge is 0.335 e. The lowest BCUT2D eigenvalue weighted by atomic mass is 9.77. The quantitative estimate of drug-likeness (QED) is 0.822. The molecule has 0 heterocycles. The molecule has 0 saturated heterocycles. The van der Waals surface area contributed by atoms with Gasteiger partial charge >= 0.3 is 12.2 Å². The number of hydrogen-bond acceptors (Lipinski definition) is 1. The lowest BCUT2D eigenvalue weighted by molar-refractivity contribution is -0.140. The van der Waals surface area contributed by atoms with Gasteiger partial charge in [-0.2, -0.15) is 13.2 Å². The Labute approximate surface area is 125 Å². The molecule has 0 atom stereocenters. The van der Waals surface area contributed by atoms with E-state index >= 15 is 0 Å². The van der Waals surface area contributed by atoms with Gasteiger partial charge in [-0.3, -0.25) is 0 Å². The monoisotopic (exact) mass is 316 g/mol. The van der Waals surface area contributed by atoms with E-state index in [1.165, 1.54) is 18.9 Å². The fourth-order valence-electron chi connectivity index (χ4n) is 3.02. The van der Waals surface area contributed by atoms with Crippen LogP contribution in [0.5, 0.6) is 0 Å². The van der Waals surface area contributed by atoms with Crippen molar-refractivity contribution < 1.29 is 22.4 Å². The minimum Gasteiger partial charge on any atom is -0.335 e. The molecular formula is C15H16F4N2O. The first-order chi connectivity index (χ1) is 10.3. The van der Waals surface area contributed by atoms with Crippen molar-refractivity contribution in [1.82, 2.24) is 10.6 Å². The zero-order valence-corrected chi connectivity index (χ0v) is 11.8. The maximum Gasteiger partial charge on any atom is 0.419 e. The molecule has 120 valence electrons. The number of amides is 2. The van der Waals surface area contributed by atoms with Crippen molar-refractivity contribution in [2.24, 2.45) is 5.41 Å². The molecule has 3 nitrogen and oxygen atoms in total. The fourth-order valence-corrected chi connectivity index (χ4v) is 3.02. The van der Waals surface area contributed by atoms with Crippen molar-refractivity contribution in [3.05, 3.63) is 35.1 Å². The summed E-state index contributed by atoms with van der Waals surface area (Å²) in [6.07, 6.45) is -0.409. The van der Waals surface area contributed by atoms with E-state index in [1.807, 2.05) is 0 Å². The summed E-state index contributed by atoms with van der Waals surface area (Å²) in [5, 5.41) is 5.16. The summed E-state index contributed by atoms with van der Waals surface area (Å²) in [5.41, 5.74) is -1.05. The Kier molecular flexibility index (Phi) is 3.53. The summed E-state index contributed by atoms with van der Waals surface area (Å²) in [7, 11) is 0. The van der Waals surface area contributed by atoms with Gasteiger partial charge in [-0.05, 0) is 37.2 Å². The van der Waals surface area contributed by atoms with Gasteiger partial charge in [-0.15, -0.1) is 0 Å². The topological polar surface area (TPSA) is 41.1 Å². The Morgan fingerprint density at radius 3 is 2.55 bits per heavy atom. The lowest BCUT2D eigenvalue weighted by Crippen LogP contribution is -2.48. The molecule has 22 heavy (non-hydrogen) atoms.